The molecule has 0 aromatic heterocycles. The van der Waals surface area contributed by atoms with Gasteiger partial charge in [-0.05, 0) is 33.1 Å². The van der Waals surface area contributed by atoms with Gasteiger partial charge in [-0.25, -0.2) is 0 Å². The molecule has 2 aliphatic rings. The first-order chi connectivity index (χ1) is 10.7. The molecular weight excluding hydrogens is 436 g/mol. The van der Waals surface area contributed by atoms with E-state index >= 15 is 0 Å². The van der Waals surface area contributed by atoms with Gasteiger partial charge in [0.1, 0.15) is 6.04 Å². The lowest BCUT2D eigenvalue weighted by Gasteiger charge is -2.40. The van der Waals surface area contributed by atoms with Crippen molar-refractivity contribution in [2.45, 2.75) is 50.9 Å². The maximum absolute atomic E-state index is 12.8. The van der Waals surface area contributed by atoms with Crippen molar-refractivity contribution in [1.29, 1.82) is 0 Å². The molecule has 0 spiro atoms. The van der Waals surface area contributed by atoms with Crippen LogP contribution in [0.4, 0.5) is 13.2 Å². The second kappa shape index (κ2) is 8.88. The Morgan fingerprint density at radius 2 is 1.83 bits per heavy atom. The van der Waals surface area contributed by atoms with E-state index in [1.165, 1.54) is 11.8 Å². The molecule has 1 heterocycles. The molecule has 0 bridgehead atoms. The summed E-state index contributed by atoms with van der Waals surface area (Å²) in [6.07, 6.45) is -1.62. The van der Waals surface area contributed by atoms with Gasteiger partial charge in [-0.2, -0.15) is 13.2 Å². The van der Waals surface area contributed by atoms with Crippen molar-refractivity contribution in [3.05, 3.63) is 0 Å². The second-order valence-electron chi connectivity index (χ2n) is 6.49. The Kier molecular flexibility index (Phi) is 8.05. The first kappa shape index (κ1) is 21.8. The molecule has 0 aromatic carbocycles. The number of piperazine rings is 1. The highest BCUT2D eigenvalue weighted by Crippen LogP contribution is 2.31. The Morgan fingerprint density at radius 1 is 1.25 bits per heavy atom. The Hall–Kier alpha value is -0.290. The summed E-state index contributed by atoms with van der Waals surface area (Å²) in [5.74, 6) is 0.687. The van der Waals surface area contributed by atoms with Crippen LogP contribution in [0.15, 0.2) is 4.99 Å². The third kappa shape index (κ3) is 5.62. The second-order valence-corrected chi connectivity index (χ2v) is 6.49. The van der Waals surface area contributed by atoms with Gasteiger partial charge in [-0.15, -0.1) is 24.0 Å². The Balaban J connectivity index is 0.00000288. The highest BCUT2D eigenvalue weighted by atomic mass is 127. The summed E-state index contributed by atoms with van der Waals surface area (Å²) in [4.78, 5) is 7.93. The quantitative estimate of drug-likeness (QED) is 0.380. The highest BCUT2D eigenvalue weighted by Gasteiger charge is 2.41. The van der Waals surface area contributed by atoms with Crippen LogP contribution < -0.4 is 5.32 Å². The van der Waals surface area contributed by atoms with Crippen LogP contribution in [-0.4, -0.2) is 78.0 Å². The number of nitrogens with zero attached hydrogens (tertiary/aromatic N) is 3. The molecule has 1 saturated heterocycles. The van der Waals surface area contributed by atoms with Gasteiger partial charge in [0, 0.05) is 32.7 Å². The minimum atomic E-state index is -4.19. The number of nitrogens with one attached hydrogen (secondary N) is 1. The van der Waals surface area contributed by atoms with Crippen molar-refractivity contribution in [1.82, 2.24) is 15.1 Å². The van der Waals surface area contributed by atoms with E-state index in [0.29, 0.717) is 45.2 Å². The normalized spacial score (nSPS) is 23.2. The Bertz CT molecular complexity index is 421. The van der Waals surface area contributed by atoms with Crippen LogP contribution in [0.25, 0.3) is 0 Å². The fraction of sp³-hybridized carbons (Fsp3) is 0.933. The van der Waals surface area contributed by atoms with Crippen LogP contribution in [0.2, 0.25) is 0 Å². The molecule has 9 heteroatoms. The number of hydrogen-bond donors (Lipinski definition) is 2. The van der Waals surface area contributed by atoms with E-state index in [9.17, 15) is 18.3 Å². The zero-order valence-electron chi connectivity index (χ0n) is 14.3. The van der Waals surface area contributed by atoms with Crippen molar-refractivity contribution >= 4 is 29.9 Å². The minimum Gasteiger partial charge on any atom is -0.388 e. The lowest BCUT2D eigenvalue weighted by molar-refractivity contribution is -0.181. The molecule has 2 rings (SSSR count). The van der Waals surface area contributed by atoms with E-state index in [1.54, 1.807) is 0 Å². The van der Waals surface area contributed by atoms with Crippen LogP contribution in [0, 0.1) is 0 Å². The predicted molar refractivity (Wildman–Crippen MR) is 98.9 cm³/mol. The van der Waals surface area contributed by atoms with E-state index in [0.717, 1.165) is 19.3 Å². The largest absolute Gasteiger partial charge is 0.403 e. The van der Waals surface area contributed by atoms with Gasteiger partial charge in [-0.1, -0.05) is 0 Å². The lowest BCUT2D eigenvalue weighted by atomic mass is 9.80. The number of rotatable bonds is 4. The summed E-state index contributed by atoms with van der Waals surface area (Å²) < 4.78 is 38.4. The van der Waals surface area contributed by atoms with E-state index in [1.807, 2.05) is 11.8 Å². The first-order valence-corrected chi connectivity index (χ1v) is 8.31. The van der Waals surface area contributed by atoms with E-state index in [2.05, 4.69) is 10.3 Å². The number of halogens is 4. The molecule has 1 aliphatic heterocycles. The maximum Gasteiger partial charge on any atom is 0.403 e. The fourth-order valence-corrected chi connectivity index (χ4v) is 2.92. The monoisotopic (exact) mass is 464 g/mol. The third-order valence-electron chi connectivity index (χ3n) is 4.78. The smallest absolute Gasteiger partial charge is 0.388 e. The van der Waals surface area contributed by atoms with Gasteiger partial charge < -0.3 is 15.3 Å². The van der Waals surface area contributed by atoms with Gasteiger partial charge >= 0.3 is 6.18 Å². The van der Waals surface area contributed by atoms with Crippen LogP contribution in [0.3, 0.4) is 0 Å². The number of alkyl halides is 3. The Labute approximate surface area is 158 Å². The van der Waals surface area contributed by atoms with Crippen LogP contribution in [-0.2, 0) is 0 Å². The van der Waals surface area contributed by atoms with Gasteiger partial charge in [-0.3, -0.25) is 9.89 Å². The summed E-state index contributed by atoms with van der Waals surface area (Å²) in [5.41, 5.74) is -0.687. The average Bonchev–Trinajstić information content (AvgIpc) is 2.48. The molecule has 1 atom stereocenters. The number of aliphatic imine (C=N–C) groups is 1. The zero-order chi connectivity index (χ0) is 17.1. The SMILES string of the molecule is CCNC(=NCC1(O)CCC1)N1CCN(C(C)C(F)(F)F)CC1.I. The summed E-state index contributed by atoms with van der Waals surface area (Å²) in [6.45, 7) is 5.93. The summed E-state index contributed by atoms with van der Waals surface area (Å²) in [6, 6.07) is -1.42. The molecule has 5 nitrogen and oxygen atoms in total. The van der Waals surface area contributed by atoms with Gasteiger partial charge in [0.15, 0.2) is 5.96 Å². The lowest BCUT2D eigenvalue weighted by Crippen LogP contribution is -2.57. The fourth-order valence-electron chi connectivity index (χ4n) is 2.92. The van der Waals surface area contributed by atoms with E-state index < -0.39 is 17.8 Å². The van der Waals surface area contributed by atoms with Crippen LogP contribution in [0.5, 0.6) is 0 Å². The standard InChI is InChI=1S/C15H27F3N4O.HI/c1-3-19-13(20-11-14(23)5-4-6-14)22-9-7-21(8-10-22)12(2)15(16,17)18;/h12,23H,3-11H2,1-2H3,(H,19,20);1H. The average molecular weight is 464 g/mol. The molecule has 142 valence electrons. The first-order valence-electron chi connectivity index (χ1n) is 8.31. The molecule has 0 amide bonds. The van der Waals surface area contributed by atoms with E-state index in [-0.39, 0.29) is 24.0 Å². The van der Waals surface area contributed by atoms with Gasteiger partial charge in [0.05, 0.1) is 12.1 Å². The van der Waals surface area contributed by atoms with Gasteiger partial charge in [0.25, 0.3) is 0 Å². The predicted octanol–water partition coefficient (Wildman–Crippen LogP) is 2.05. The molecule has 1 saturated carbocycles. The summed E-state index contributed by atoms with van der Waals surface area (Å²) >= 11 is 0. The summed E-state index contributed by atoms with van der Waals surface area (Å²) in [5, 5.41) is 13.3. The molecular formula is C15H28F3IN4O. The number of hydrogen-bond acceptors (Lipinski definition) is 3. The van der Waals surface area contributed by atoms with Crippen molar-refractivity contribution < 1.29 is 18.3 Å². The molecule has 24 heavy (non-hydrogen) atoms. The summed E-state index contributed by atoms with van der Waals surface area (Å²) in [7, 11) is 0. The zero-order valence-corrected chi connectivity index (χ0v) is 16.6. The topological polar surface area (TPSA) is 51.1 Å². The van der Waals surface area contributed by atoms with Crippen molar-refractivity contribution in [2.24, 2.45) is 4.99 Å². The van der Waals surface area contributed by atoms with Crippen molar-refractivity contribution in [3.8, 4) is 0 Å². The number of guanidine groups is 1. The molecule has 1 aliphatic carbocycles. The number of aliphatic hydroxyl groups is 1. The Morgan fingerprint density at radius 3 is 2.25 bits per heavy atom. The third-order valence-corrected chi connectivity index (χ3v) is 4.78. The molecule has 0 radical (unpaired) electrons. The molecule has 1 unspecified atom stereocenters. The molecule has 0 aromatic rings. The minimum absolute atomic E-state index is 0. The van der Waals surface area contributed by atoms with Gasteiger partial charge in [0.2, 0.25) is 0 Å². The van der Waals surface area contributed by atoms with Crippen molar-refractivity contribution in [2.75, 3.05) is 39.3 Å². The van der Waals surface area contributed by atoms with E-state index in [4.69, 9.17) is 0 Å². The molecule has 2 fully saturated rings. The van der Waals surface area contributed by atoms with Crippen molar-refractivity contribution in [3.63, 3.8) is 0 Å². The highest BCUT2D eigenvalue weighted by molar-refractivity contribution is 14.0. The van der Waals surface area contributed by atoms with Crippen LogP contribution in [0.1, 0.15) is 33.1 Å². The van der Waals surface area contributed by atoms with Crippen LogP contribution >= 0.6 is 24.0 Å². The molecule has 2 N–H and O–H groups in total. The maximum atomic E-state index is 12.8.